The summed E-state index contributed by atoms with van der Waals surface area (Å²) in [5, 5.41) is 10.6. The van der Waals surface area contributed by atoms with Crippen molar-refractivity contribution >= 4 is 11.5 Å². The molecule has 6 rings (SSSR count). The molecule has 5 heteroatoms. The van der Waals surface area contributed by atoms with Gasteiger partial charge in [-0.15, -0.1) is 0 Å². The minimum Gasteiger partial charge on any atom is -0.469 e. The Labute approximate surface area is 227 Å². The third-order valence-electron chi connectivity index (χ3n) is 13.0. The Balaban J connectivity index is 1.51. The highest BCUT2D eigenvalue weighted by Gasteiger charge is 2.69. The van der Waals surface area contributed by atoms with Crippen LogP contribution in [0, 0.1) is 50.7 Å². The lowest BCUT2D eigenvalue weighted by Gasteiger charge is -2.67. The van der Waals surface area contributed by atoms with E-state index in [0.717, 1.165) is 49.9 Å². The number of carbonyl (C=O) groups excluding carboxylic acids is 1. The molecule has 38 heavy (non-hydrogen) atoms. The van der Waals surface area contributed by atoms with Gasteiger partial charge >= 0.3 is 5.97 Å². The van der Waals surface area contributed by atoms with Crippen LogP contribution < -0.4 is 0 Å². The summed E-state index contributed by atoms with van der Waals surface area (Å²) in [7, 11) is 1.57. The first-order chi connectivity index (χ1) is 17.9. The average molecular weight is 520 g/mol. The van der Waals surface area contributed by atoms with Gasteiger partial charge in [0.15, 0.2) is 12.2 Å². The van der Waals surface area contributed by atoms with Crippen LogP contribution in [-0.4, -0.2) is 29.8 Å². The summed E-state index contributed by atoms with van der Waals surface area (Å²) in [6.07, 6.45) is 16.4. The fourth-order valence-electron chi connectivity index (χ4n) is 10.4. The number of ether oxygens (including phenoxy) is 1. The number of aliphatic hydroxyl groups excluding tert-OH is 1. The Hall–Kier alpha value is -2.14. The highest BCUT2D eigenvalue weighted by Crippen LogP contribution is 2.76. The van der Waals surface area contributed by atoms with E-state index in [1.807, 2.05) is 6.20 Å². The second-order valence-corrected chi connectivity index (χ2v) is 14.2. The monoisotopic (exact) mass is 519 g/mol. The van der Waals surface area contributed by atoms with Crippen molar-refractivity contribution in [1.82, 2.24) is 4.98 Å². The summed E-state index contributed by atoms with van der Waals surface area (Å²) < 4.78 is 11.4. The van der Waals surface area contributed by atoms with Crippen molar-refractivity contribution < 1.29 is 19.1 Å². The summed E-state index contributed by atoms with van der Waals surface area (Å²) in [5.74, 6) is 2.40. The molecule has 5 nitrogen and oxygen atoms in total. The molecule has 1 N–H and O–H groups in total. The number of oxazole rings is 1. The fraction of sp³-hybridized carbons (Fsp3) is 0.697. The number of rotatable bonds is 3. The molecule has 206 valence electrons. The predicted octanol–water partition coefficient (Wildman–Crippen LogP) is 7.00. The van der Waals surface area contributed by atoms with E-state index >= 15 is 0 Å². The molecule has 1 aromatic heterocycles. The molecule has 0 unspecified atom stereocenters. The summed E-state index contributed by atoms with van der Waals surface area (Å²) >= 11 is 0. The van der Waals surface area contributed by atoms with Gasteiger partial charge in [-0.05, 0) is 73.0 Å². The Morgan fingerprint density at radius 1 is 1.16 bits per heavy atom. The second-order valence-electron chi connectivity index (χ2n) is 14.2. The predicted molar refractivity (Wildman–Crippen MR) is 148 cm³/mol. The zero-order valence-corrected chi connectivity index (χ0v) is 24.3. The molecule has 2 saturated carbocycles. The van der Waals surface area contributed by atoms with Crippen LogP contribution in [0.15, 0.2) is 46.4 Å². The van der Waals surface area contributed by atoms with Gasteiger partial charge in [0.2, 0.25) is 0 Å². The first-order valence-corrected chi connectivity index (χ1v) is 14.7. The normalized spacial score (nSPS) is 47.5. The third-order valence-corrected chi connectivity index (χ3v) is 13.0. The number of hydrogen-bond acceptors (Lipinski definition) is 5. The number of methoxy groups -OCH3 is 1. The molecule has 2 fully saturated rings. The van der Waals surface area contributed by atoms with Gasteiger partial charge in [0.25, 0.3) is 0 Å². The van der Waals surface area contributed by atoms with Crippen molar-refractivity contribution in [3.63, 3.8) is 0 Å². The molecule has 5 aliphatic carbocycles. The second kappa shape index (κ2) is 8.19. The first kappa shape index (κ1) is 26.1. The quantitative estimate of drug-likeness (QED) is 0.344. The highest BCUT2D eigenvalue weighted by atomic mass is 16.5. The molecule has 0 aromatic carbocycles. The number of esters is 1. The molecule has 1 heterocycles. The Bertz CT molecular complexity index is 1240. The van der Waals surface area contributed by atoms with E-state index in [-0.39, 0.29) is 34.7 Å². The van der Waals surface area contributed by atoms with Crippen molar-refractivity contribution in [2.24, 2.45) is 50.7 Å². The van der Waals surface area contributed by atoms with Gasteiger partial charge in [-0.25, -0.2) is 4.98 Å². The third kappa shape index (κ3) is 2.92. The van der Waals surface area contributed by atoms with E-state index in [9.17, 15) is 9.90 Å². The largest absolute Gasteiger partial charge is 0.469 e. The summed E-state index contributed by atoms with van der Waals surface area (Å²) in [5.41, 5.74) is 2.88. The highest BCUT2D eigenvalue weighted by molar-refractivity contribution is 5.79. The molecule has 0 bridgehead atoms. The SMILES string of the molecule is COC(=O)[C@]12CC[C@@H](C)[C@H](C)[C@@H]1C1=CC[C@@H]3[C@@]4(C)C(c5cnco5)=C[C@@](C)(CO)C4=CC[C@@]3(C)[C@]1(C)CC2. The number of aliphatic hydroxyl groups is 1. The summed E-state index contributed by atoms with van der Waals surface area (Å²) in [4.78, 5) is 17.7. The zero-order valence-electron chi connectivity index (χ0n) is 24.3. The fourth-order valence-corrected chi connectivity index (χ4v) is 10.4. The zero-order chi connectivity index (χ0) is 27.3. The molecule has 0 spiro atoms. The van der Waals surface area contributed by atoms with Gasteiger partial charge in [-0.3, -0.25) is 4.79 Å². The maximum atomic E-state index is 13.5. The summed E-state index contributed by atoms with van der Waals surface area (Å²) in [6, 6.07) is 0. The van der Waals surface area contributed by atoms with Crippen LogP contribution >= 0.6 is 0 Å². The molecule has 9 atom stereocenters. The summed E-state index contributed by atoms with van der Waals surface area (Å²) in [6.45, 7) is 14.4. The minimum absolute atomic E-state index is 0.000640. The number of hydrogen-bond donors (Lipinski definition) is 1. The lowest BCUT2D eigenvalue weighted by atomic mass is 9.36. The minimum atomic E-state index is -0.414. The van der Waals surface area contributed by atoms with Crippen molar-refractivity contribution in [3.8, 4) is 0 Å². The molecule has 0 aliphatic heterocycles. The maximum absolute atomic E-state index is 13.5. The van der Waals surface area contributed by atoms with Crippen LogP contribution in [0.3, 0.4) is 0 Å². The van der Waals surface area contributed by atoms with Gasteiger partial charge in [-0.2, -0.15) is 0 Å². The maximum Gasteiger partial charge on any atom is 0.312 e. The van der Waals surface area contributed by atoms with Gasteiger partial charge < -0.3 is 14.3 Å². The van der Waals surface area contributed by atoms with Gasteiger partial charge in [0, 0.05) is 16.4 Å². The Kier molecular flexibility index (Phi) is 5.63. The van der Waals surface area contributed by atoms with E-state index < -0.39 is 10.8 Å². The molecular weight excluding hydrogens is 474 g/mol. The smallest absolute Gasteiger partial charge is 0.312 e. The molecule has 5 aliphatic rings. The lowest BCUT2D eigenvalue weighted by molar-refractivity contribution is -0.170. The van der Waals surface area contributed by atoms with Crippen LogP contribution in [0.5, 0.6) is 0 Å². The van der Waals surface area contributed by atoms with Gasteiger partial charge in [0.05, 0.1) is 25.3 Å². The molecule has 0 amide bonds. The average Bonchev–Trinajstić information content (AvgIpc) is 3.51. The van der Waals surface area contributed by atoms with E-state index in [2.05, 4.69) is 64.8 Å². The Morgan fingerprint density at radius 3 is 2.58 bits per heavy atom. The van der Waals surface area contributed by atoms with Crippen LogP contribution in [0.1, 0.15) is 85.8 Å². The van der Waals surface area contributed by atoms with Crippen LogP contribution in [0.4, 0.5) is 0 Å². The van der Waals surface area contributed by atoms with Crippen molar-refractivity contribution in [1.29, 1.82) is 0 Å². The number of carbonyl (C=O) groups is 1. The molecule has 0 radical (unpaired) electrons. The van der Waals surface area contributed by atoms with E-state index in [1.54, 1.807) is 7.11 Å². The number of allylic oxidation sites excluding steroid dienone is 4. The van der Waals surface area contributed by atoms with E-state index in [4.69, 9.17) is 9.15 Å². The molecule has 1 aromatic rings. The number of fused-ring (bicyclic) bond motifs is 7. The Morgan fingerprint density at radius 2 is 1.92 bits per heavy atom. The first-order valence-electron chi connectivity index (χ1n) is 14.7. The van der Waals surface area contributed by atoms with Crippen LogP contribution in [0.25, 0.3) is 5.57 Å². The molecular formula is C33H45NO4. The van der Waals surface area contributed by atoms with E-state index in [1.165, 1.54) is 17.5 Å². The van der Waals surface area contributed by atoms with Crippen LogP contribution in [-0.2, 0) is 9.53 Å². The standard InChI is InChI=1S/C33H45NO4/c1-20-10-13-33(28(36)37-7)15-14-30(4)22(27(33)21(20)2)8-9-26-31(30,5)12-11-25-29(3,18-35)16-23(32(25,26)6)24-17-34-19-38-24/h8,11,16-17,19-21,26-27,35H,9-10,12-15,18H2,1-7H3/t20-,21+,26+,27-,29+,30-,31-,32+,33+/m1/s1. The van der Waals surface area contributed by atoms with Crippen molar-refractivity contribution in [2.75, 3.05) is 13.7 Å². The van der Waals surface area contributed by atoms with Crippen molar-refractivity contribution in [3.05, 3.63) is 47.7 Å². The number of nitrogens with zero attached hydrogens (tertiary/aromatic N) is 1. The van der Waals surface area contributed by atoms with Gasteiger partial charge in [0.1, 0.15) is 0 Å². The topological polar surface area (TPSA) is 72.6 Å². The van der Waals surface area contributed by atoms with Gasteiger partial charge in [-0.1, -0.05) is 70.9 Å². The van der Waals surface area contributed by atoms with Crippen LogP contribution in [0.2, 0.25) is 0 Å². The van der Waals surface area contributed by atoms with E-state index in [0.29, 0.717) is 17.8 Å². The number of aromatic nitrogens is 1. The van der Waals surface area contributed by atoms with Crippen molar-refractivity contribution in [2.45, 2.75) is 80.1 Å². The lowest BCUT2D eigenvalue weighted by Crippen LogP contribution is -2.61. The molecule has 0 saturated heterocycles.